The Hall–Kier alpha value is -0.540. The largest absolute Gasteiger partial charge is 0.495 e. The second kappa shape index (κ2) is 5.84. The zero-order chi connectivity index (χ0) is 13.2. The van der Waals surface area contributed by atoms with Gasteiger partial charge in [-0.3, -0.25) is 0 Å². The average Bonchev–Trinajstić information content (AvgIpc) is 3.11. The molecule has 2 fully saturated rings. The Kier molecular flexibility index (Phi) is 4.13. The van der Waals surface area contributed by atoms with Gasteiger partial charge in [0, 0.05) is 6.04 Å². The molecule has 0 amide bonds. The number of hydrogen-bond acceptors (Lipinski definition) is 2. The Bertz CT molecular complexity index is 448. The summed E-state index contributed by atoms with van der Waals surface area (Å²) in [6, 6.07) is 5.16. The van der Waals surface area contributed by atoms with Crippen molar-refractivity contribution in [1.82, 2.24) is 5.32 Å². The summed E-state index contributed by atoms with van der Waals surface area (Å²) in [5, 5.41) is 3.59. The molecular formula is C16H22BrNO. The van der Waals surface area contributed by atoms with E-state index in [1.54, 1.807) is 7.11 Å². The van der Waals surface area contributed by atoms with Crippen molar-refractivity contribution < 1.29 is 4.74 Å². The van der Waals surface area contributed by atoms with Gasteiger partial charge in [0.25, 0.3) is 0 Å². The summed E-state index contributed by atoms with van der Waals surface area (Å²) >= 11 is 3.70. The van der Waals surface area contributed by atoms with Crippen molar-refractivity contribution in [3.05, 3.63) is 27.7 Å². The summed E-state index contributed by atoms with van der Waals surface area (Å²) in [4.78, 5) is 0. The fraction of sp³-hybridized carbons (Fsp3) is 0.625. The van der Waals surface area contributed by atoms with Gasteiger partial charge < -0.3 is 10.1 Å². The van der Waals surface area contributed by atoms with Gasteiger partial charge in [0.15, 0.2) is 0 Å². The fourth-order valence-electron chi connectivity index (χ4n) is 3.56. The molecule has 1 atom stereocenters. The Morgan fingerprint density at radius 3 is 2.58 bits per heavy atom. The zero-order valence-electron chi connectivity index (χ0n) is 11.5. The molecule has 0 spiro atoms. The van der Waals surface area contributed by atoms with E-state index < -0.39 is 0 Å². The minimum atomic E-state index is 0.530. The maximum atomic E-state index is 5.64. The number of methoxy groups -OCH3 is 1. The van der Waals surface area contributed by atoms with E-state index in [4.69, 9.17) is 4.74 Å². The van der Waals surface area contributed by atoms with E-state index in [-0.39, 0.29) is 0 Å². The van der Waals surface area contributed by atoms with Crippen LogP contribution in [0, 0.1) is 0 Å². The lowest BCUT2D eigenvalue weighted by molar-refractivity contribution is 0.402. The third-order valence-electron chi connectivity index (χ3n) is 4.56. The van der Waals surface area contributed by atoms with Gasteiger partial charge in [0.05, 0.1) is 11.6 Å². The van der Waals surface area contributed by atoms with E-state index in [1.165, 1.54) is 49.7 Å². The summed E-state index contributed by atoms with van der Waals surface area (Å²) in [5.74, 6) is 1.74. The summed E-state index contributed by atoms with van der Waals surface area (Å²) in [5.41, 5.74) is 2.84. The first kappa shape index (κ1) is 13.4. The molecule has 1 aliphatic heterocycles. The molecule has 1 N–H and O–H groups in total. The van der Waals surface area contributed by atoms with E-state index in [9.17, 15) is 0 Å². The first-order valence-electron chi connectivity index (χ1n) is 7.40. The van der Waals surface area contributed by atoms with E-state index in [2.05, 4.69) is 33.4 Å². The lowest BCUT2D eigenvalue weighted by atomic mass is 9.92. The maximum absolute atomic E-state index is 5.64. The van der Waals surface area contributed by atoms with Crippen molar-refractivity contribution in [2.45, 2.75) is 50.5 Å². The Labute approximate surface area is 124 Å². The molecule has 0 bridgehead atoms. The van der Waals surface area contributed by atoms with Crippen LogP contribution in [0.5, 0.6) is 5.75 Å². The minimum absolute atomic E-state index is 0.530. The van der Waals surface area contributed by atoms with Gasteiger partial charge in [-0.05, 0) is 71.3 Å². The molecule has 1 saturated heterocycles. The molecule has 19 heavy (non-hydrogen) atoms. The number of benzene rings is 1. The molecular weight excluding hydrogens is 302 g/mol. The van der Waals surface area contributed by atoms with E-state index in [1.807, 2.05) is 0 Å². The minimum Gasteiger partial charge on any atom is -0.495 e. The van der Waals surface area contributed by atoms with Crippen LogP contribution >= 0.6 is 15.9 Å². The number of nitrogens with one attached hydrogen (secondary N) is 1. The molecule has 1 aliphatic carbocycles. The second-order valence-corrected chi connectivity index (χ2v) is 6.61. The van der Waals surface area contributed by atoms with Crippen molar-refractivity contribution in [2.24, 2.45) is 0 Å². The van der Waals surface area contributed by atoms with E-state index >= 15 is 0 Å². The Morgan fingerprint density at radius 2 is 1.95 bits per heavy atom. The zero-order valence-corrected chi connectivity index (χ0v) is 13.1. The smallest absolute Gasteiger partial charge is 0.136 e. The van der Waals surface area contributed by atoms with Crippen molar-refractivity contribution >= 4 is 15.9 Å². The molecule has 104 valence electrons. The average molecular weight is 324 g/mol. The van der Waals surface area contributed by atoms with Crippen LogP contribution in [0.4, 0.5) is 0 Å². The highest BCUT2D eigenvalue weighted by atomic mass is 79.9. The van der Waals surface area contributed by atoms with Gasteiger partial charge in [0.2, 0.25) is 0 Å². The third kappa shape index (κ3) is 2.68. The molecule has 1 heterocycles. The van der Waals surface area contributed by atoms with Gasteiger partial charge >= 0.3 is 0 Å². The topological polar surface area (TPSA) is 21.3 Å². The van der Waals surface area contributed by atoms with Gasteiger partial charge in [-0.15, -0.1) is 0 Å². The molecule has 1 saturated carbocycles. The van der Waals surface area contributed by atoms with Crippen LogP contribution in [-0.4, -0.2) is 13.7 Å². The van der Waals surface area contributed by atoms with Crippen LogP contribution in [0.3, 0.4) is 0 Å². The molecule has 2 nitrogen and oxygen atoms in total. The molecule has 0 aromatic heterocycles. The lowest BCUT2D eigenvalue weighted by Gasteiger charge is -2.20. The van der Waals surface area contributed by atoms with E-state index in [0.29, 0.717) is 12.0 Å². The van der Waals surface area contributed by atoms with Crippen LogP contribution in [0.1, 0.15) is 61.6 Å². The number of halogens is 1. The Balaban J connectivity index is 1.98. The summed E-state index contributed by atoms with van der Waals surface area (Å²) in [6.45, 7) is 1.15. The van der Waals surface area contributed by atoms with Gasteiger partial charge in [0.1, 0.15) is 5.75 Å². The van der Waals surface area contributed by atoms with Gasteiger partial charge in [-0.1, -0.05) is 18.9 Å². The van der Waals surface area contributed by atoms with Crippen LogP contribution in [0.2, 0.25) is 0 Å². The third-order valence-corrected chi connectivity index (χ3v) is 5.15. The predicted molar refractivity (Wildman–Crippen MR) is 81.9 cm³/mol. The van der Waals surface area contributed by atoms with Crippen molar-refractivity contribution in [3.8, 4) is 5.75 Å². The molecule has 0 radical (unpaired) electrons. The van der Waals surface area contributed by atoms with Gasteiger partial charge in [-0.2, -0.15) is 0 Å². The summed E-state index contributed by atoms with van der Waals surface area (Å²) < 4.78 is 6.75. The number of hydrogen-bond donors (Lipinski definition) is 1. The molecule has 3 heteroatoms. The molecule has 2 aliphatic rings. The van der Waals surface area contributed by atoms with Crippen LogP contribution < -0.4 is 10.1 Å². The molecule has 3 rings (SSSR count). The van der Waals surface area contributed by atoms with Crippen molar-refractivity contribution in [3.63, 3.8) is 0 Å². The van der Waals surface area contributed by atoms with Gasteiger partial charge in [-0.25, -0.2) is 0 Å². The molecule has 1 aromatic carbocycles. The second-order valence-electron chi connectivity index (χ2n) is 5.76. The first-order valence-corrected chi connectivity index (χ1v) is 8.19. The van der Waals surface area contributed by atoms with Crippen LogP contribution in [0.15, 0.2) is 16.6 Å². The standard InChI is InChI=1S/C16H22BrNO/c1-19-16-13(11-5-2-3-6-11)9-12(10-14(16)17)15-7-4-8-18-15/h9-11,15,18H,2-8H2,1H3. The Morgan fingerprint density at radius 1 is 1.16 bits per heavy atom. The quantitative estimate of drug-likeness (QED) is 0.881. The fourth-order valence-corrected chi connectivity index (χ4v) is 4.22. The number of rotatable bonds is 3. The molecule has 1 aromatic rings. The highest BCUT2D eigenvalue weighted by Gasteiger charge is 2.25. The van der Waals surface area contributed by atoms with Crippen LogP contribution in [-0.2, 0) is 0 Å². The highest BCUT2D eigenvalue weighted by Crippen LogP contribution is 2.43. The predicted octanol–water partition coefficient (Wildman–Crippen LogP) is 4.54. The SMILES string of the molecule is COc1c(Br)cc(C2CCCN2)cc1C1CCCC1. The van der Waals surface area contributed by atoms with Crippen LogP contribution in [0.25, 0.3) is 0 Å². The maximum Gasteiger partial charge on any atom is 0.136 e. The molecule has 1 unspecified atom stereocenters. The summed E-state index contributed by atoms with van der Waals surface area (Å²) in [6.07, 6.45) is 7.87. The summed E-state index contributed by atoms with van der Waals surface area (Å²) in [7, 11) is 1.78. The lowest BCUT2D eigenvalue weighted by Crippen LogP contribution is -2.13. The normalized spacial score (nSPS) is 24.0. The number of ether oxygens (including phenoxy) is 1. The first-order chi connectivity index (χ1) is 9.29. The monoisotopic (exact) mass is 323 g/mol. The highest BCUT2D eigenvalue weighted by molar-refractivity contribution is 9.10. The van der Waals surface area contributed by atoms with Crippen molar-refractivity contribution in [2.75, 3.05) is 13.7 Å². The van der Waals surface area contributed by atoms with Crippen molar-refractivity contribution in [1.29, 1.82) is 0 Å². The van der Waals surface area contributed by atoms with E-state index in [0.717, 1.165) is 16.8 Å².